The normalized spacial score (nSPS) is 11.1. The molecule has 8 heteroatoms. The predicted molar refractivity (Wildman–Crippen MR) is 117 cm³/mol. The van der Waals surface area contributed by atoms with E-state index in [0.29, 0.717) is 22.1 Å². The molecule has 2 aromatic carbocycles. The van der Waals surface area contributed by atoms with Gasteiger partial charge in [-0.15, -0.1) is 22.8 Å². The zero-order valence-electron chi connectivity index (χ0n) is 17.0. The minimum absolute atomic E-state index is 0.0499. The Balaban J connectivity index is 2.16. The van der Waals surface area contributed by atoms with Crippen molar-refractivity contribution in [1.82, 2.24) is 14.8 Å². The number of benzene rings is 2. The van der Waals surface area contributed by atoms with E-state index in [9.17, 15) is 10.2 Å². The molecule has 1 heterocycles. The van der Waals surface area contributed by atoms with Crippen molar-refractivity contribution in [3.05, 3.63) is 35.9 Å². The molecule has 0 atom stereocenters. The Morgan fingerprint density at radius 3 is 2.55 bits per heavy atom. The van der Waals surface area contributed by atoms with E-state index in [1.54, 1.807) is 17.7 Å². The highest BCUT2D eigenvalue weighted by Gasteiger charge is 2.20. The Hall–Kier alpha value is -2.87. The van der Waals surface area contributed by atoms with E-state index in [1.807, 2.05) is 32.0 Å². The average molecular weight is 415 g/mol. The summed E-state index contributed by atoms with van der Waals surface area (Å²) >= 11 is 4.46. The number of hydrogen-bond acceptors (Lipinski definition) is 7. The summed E-state index contributed by atoms with van der Waals surface area (Å²) in [4.78, 5) is 0. The summed E-state index contributed by atoms with van der Waals surface area (Å²) in [5, 5.41) is 32.7. The minimum Gasteiger partial charge on any atom is -0.508 e. The van der Waals surface area contributed by atoms with Crippen LogP contribution in [0.1, 0.15) is 38.7 Å². The minimum atomic E-state index is -0.0771. The lowest BCUT2D eigenvalue weighted by molar-refractivity contribution is 0.416. The highest BCUT2D eigenvalue weighted by atomic mass is 32.1. The fourth-order valence-electron chi connectivity index (χ4n) is 3.16. The maximum absolute atomic E-state index is 10.5. The first-order chi connectivity index (χ1) is 13.9. The maximum atomic E-state index is 10.5. The second-order valence-corrected chi connectivity index (χ2v) is 7.45. The first kappa shape index (κ1) is 20.9. The first-order valence-electron chi connectivity index (χ1n) is 9.50. The molecule has 3 rings (SSSR count). The molecule has 0 fully saturated rings. The van der Waals surface area contributed by atoms with Crippen molar-refractivity contribution < 1.29 is 14.9 Å². The van der Waals surface area contributed by atoms with Crippen LogP contribution in [0.5, 0.6) is 17.2 Å². The van der Waals surface area contributed by atoms with Gasteiger partial charge in [-0.2, -0.15) is 0 Å². The standard InChI is InChI=1S/C21H26N4O3S/c1-5-8-22-16-9-13(6-7-19(16)28-4)25-20(23-24-21(25)29)15-10-14(12(2)3)17(26)11-18(15)27/h6-7,9-12,22,26-27H,5,8H2,1-4H3,(H,24,29). The summed E-state index contributed by atoms with van der Waals surface area (Å²) in [7, 11) is 1.63. The van der Waals surface area contributed by atoms with E-state index in [0.717, 1.165) is 30.1 Å². The van der Waals surface area contributed by atoms with Crippen LogP contribution in [0.3, 0.4) is 0 Å². The fraction of sp³-hybridized carbons (Fsp3) is 0.333. The van der Waals surface area contributed by atoms with Crippen molar-refractivity contribution in [3.8, 4) is 34.3 Å². The second kappa shape index (κ2) is 8.65. The van der Waals surface area contributed by atoms with Gasteiger partial charge in [0.15, 0.2) is 11.0 Å². The molecule has 1 aromatic heterocycles. The van der Waals surface area contributed by atoms with Gasteiger partial charge in [-0.1, -0.05) is 20.8 Å². The second-order valence-electron chi connectivity index (χ2n) is 7.05. The fourth-order valence-corrected chi connectivity index (χ4v) is 3.41. The van der Waals surface area contributed by atoms with Gasteiger partial charge in [-0.25, -0.2) is 0 Å². The van der Waals surface area contributed by atoms with Gasteiger partial charge in [0.05, 0.1) is 24.0 Å². The van der Waals surface area contributed by atoms with Crippen LogP contribution in [0.2, 0.25) is 0 Å². The van der Waals surface area contributed by atoms with E-state index in [-0.39, 0.29) is 17.4 Å². The van der Waals surface area contributed by atoms with Crippen molar-refractivity contribution >= 4 is 18.3 Å². The lowest BCUT2D eigenvalue weighted by atomic mass is 9.98. The molecule has 7 nitrogen and oxygen atoms in total. The number of aromatic nitrogens is 3. The van der Waals surface area contributed by atoms with E-state index in [4.69, 9.17) is 4.74 Å². The highest BCUT2D eigenvalue weighted by Crippen LogP contribution is 2.39. The van der Waals surface area contributed by atoms with Gasteiger partial charge in [0, 0.05) is 12.6 Å². The number of nitrogens with one attached hydrogen (secondary N) is 1. The number of methoxy groups -OCH3 is 1. The molecule has 0 spiro atoms. The predicted octanol–water partition coefficient (Wildman–Crippen LogP) is 4.59. The summed E-state index contributed by atoms with van der Waals surface area (Å²) in [5.41, 5.74) is 2.80. The Labute approximate surface area is 175 Å². The van der Waals surface area contributed by atoms with Gasteiger partial charge in [0.1, 0.15) is 17.2 Å². The summed E-state index contributed by atoms with van der Waals surface area (Å²) < 4.78 is 7.19. The Morgan fingerprint density at radius 2 is 1.90 bits per heavy atom. The van der Waals surface area contributed by atoms with Crippen molar-refractivity contribution in [1.29, 1.82) is 0 Å². The summed E-state index contributed by atoms with van der Waals surface area (Å²) in [6.45, 7) is 6.84. The number of hydrogen-bond donors (Lipinski definition) is 4. The largest absolute Gasteiger partial charge is 0.508 e. The lowest BCUT2D eigenvalue weighted by Crippen LogP contribution is -2.05. The number of aromatic hydroxyl groups is 2. The highest BCUT2D eigenvalue weighted by molar-refractivity contribution is 7.80. The number of phenols is 2. The van der Waals surface area contributed by atoms with Gasteiger partial charge in [0.2, 0.25) is 0 Å². The third-order valence-corrected chi connectivity index (χ3v) is 4.95. The van der Waals surface area contributed by atoms with Crippen LogP contribution in [0.25, 0.3) is 17.1 Å². The van der Waals surface area contributed by atoms with E-state index in [1.165, 1.54) is 6.07 Å². The maximum Gasteiger partial charge on any atom is 0.193 e. The smallest absolute Gasteiger partial charge is 0.193 e. The number of rotatable bonds is 7. The molecular weight excluding hydrogens is 388 g/mol. The van der Waals surface area contributed by atoms with Gasteiger partial charge in [-0.05, 0) is 42.2 Å². The summed E-state index contributed by atoms with van der Waals surface area (Å²) in [5.74, 6) is 1.21. The number of anilines is 1. The third kappa shape index (κ3) is 4.12. The van der Waals surface area contributed by atoms with Gasteiger partial charge < -0.3 is 20.3 Å². The van der Waals surface area contributed by atoms with Crippen LogP contribution in [0, 0.1) is 0 Å². The van der Waals surface area contributed by atoms with Crippen molar-refractivity contribution in [3.63, 3.8) is 0 Å². The van der Waals surface area contributed by atoms with E-state index >= 15 is 0 Å². The molecule has 0 amide bonds. The molecule has 154 valence electrons. The summed E-state index contributed by atoms with van der Waals surface area (Å²) in [6.07, 6.45) is 0.975. The van der Waals surface area contributed by atoms with Gasteiger partial charge in [0.25, 0.3) is 0 Å². The molecule has 0 aliphatic rings. The number of ether oxygens (including phenoxy) is 1. The molecule has 0 radical (unpaired) electrons. The van der Waals surface area contributed by atoms with Crippen LogP contribution in [-0.2, 0) is 0 Å². The summed E-state index contributed by atoms with van der Waals surface area (Å²) in [6, 6.07) is 8.75. The monoisotopic (exact) mass is 414 g/mol. The third-order valence-electron chi connectivity index (χ3n) is 4.66. The Bertz CT molecular complexity index is 1020. The first-order valence-corrected chi connectivity index (χ1v) is 9.95. The van der Waals surface area contributed by atoms with Crippen LogP contribution >= 0.6 is 12.6 Å². The zero-order chi connectivity index (χ0) is 21.1. The number of phenolic OH excluding ortho intramolecular Hbond substituents is 2. The molecule has 3 aromatic rings. The van der Waals surface area contributed by atoms with Gasteiger partial charge in [-0.3, -0.25) is 4.57 Å². The van der Waals surface area contributed by atoms with Crippen LogP contribution < -0.4 is 10.1 Å². The quantitative estimate of drug-likeness (QED) is 0.423. The molecule has 0 aliphatic heterocycles. The topological polar surface area (TPSA) is 92.4 Å². The van der Waals surface area contributed by atoms with E-state index in [2.05, 4.69) is 35.1 Å². The average Bonchev–Trinajstić information content (AvgIpc) is 3.07. The molecule has 0 saturated carbocycles. The number of nitrogens with zero attached hydrogens (tertiary/aromatic N) is 3. The van der Waals surface area contributed by atoms with Crippen molar-refractivity contribution in [2.75, 3.05) is 19.0 Å². The molecular formula is C21H26N4O3S. The van der Waals surface area contributed by atoms with Crippen molar-refractivity contribution in [2.24, 2.45) is 0 Å². The Kier molecular flexibility index (Phi) is 6.22. The Morgan fingerprint density at radius 1 is 1.14 bits per heavy atom. The molecule has 0 saturated heterocycles. The van der Waals surface area contributed by atoms with E-state index < -0.39 is 0 Å². The van der Waals surface area contributed by atoms with Crippen LogP contribution in [0.4, 0.5) is 5.69 Å². The lowest BCUT2D eigenvalue weighted by Gasteiger charge is -2.16. The van der Waals surface area contributed by atoms with Gasteiger partial charge >= 0.3 is 0 Å². The zero-order valence-corrected chi connectivity index (χ0v) is 17.9. The number of thiol groups is 1. The molecule has 0 bridgehead atoms. The molecule has 29 heavy (non-hydrogen) atoms. The molecule has 3 N–H and O–H groups in total. The van der Waals surface area contributed by atoms with Crippen LogP contribution in [-0.4, -0.2) is 38.6 Å². The molecule has 0 unspecified atom stereocenters. The SMILES string of the molecule is CCCNc1cc(-n2c(S)nnc2-c2cc(C(C)C)c(O)cc2O)ccc1OC. The molecule has 0 aliphatic carbocycles. The van der Waals surface area contributed by atoms with Crippen LogP contribution in [0.15, 0.2) is 35.5 Å². The van der Waals surface area contributed by atoms with Crippen molar-refractivity contribution in [2.45, 2.75) is 38.3 Å².